The van der Waals surface area contributed by atoms with Gasteiger partial charge in [0.05, 0.1) is 17.4 Å². The molecular formula is C37H46N6O7S4. The molecule has 4 fully saturated rings. The van der Waals surface area contributed by atoms with E-state index in [1.807, 2.05) is 67.3 Å². The van der Waals surface area contributed by atoms with E-state index in [-0.39, 0.29) is 11.8 Å². The predicted molar refractivity (Wildman–Crippen MR) is 214 cm³/mol. The van der Waals surface area contributed by atoms with Gasteiger partial charge in [0.25, 0.3) is 23.6 Å². The molecule has 6 heterocycles. The number of piperazine rings is 2. The molecule has 54 heavy (non-hydrogen) atoms. The van der Waals surface area contributed by atoms with Crippen LogP contribution in [-0.2, 0) is 30.0 Å². The van der Waals surface area contributed by atoms with Crippen molar-refractivity contribution in [1.82, 2.24) is 19.6 Å². The smallest absolute Gasteiger partial charge is 0.264 e. The molecule has 0 saturated carbocycles. The molecule has 0 radical (unpaired) electrons. The number of aliphatic hydroxyl groups excluding tert-OH is 3. The molecule has 0 unspecified atom stereocenters. The summed E-state index contributed by atoms with van der Waals surface area (Å²) in [5.74, 6) is -2.36. The van der Waals surface area contributed by atoms with Crippen LogP contribution in [0, 0.1) is 5.92 Å². The molecule has 4 saturated heterocycles. The van der Waals surface area contributed by atoms with Crippen LogP contribution in [0.5, 0.6) is 0 Å². The molecule has 6 aliphatic heterocycles. The van der Waals surface area contributed by atoms with Gasteiger partial charge in [-0.15, -0.1) is 47.0 Å². The monoisotopic (exact) mass is 814 g/mol. The summed E-state index contributed by atoms with van der Waals surface area (Å²) in [5, 5.41) is 42.0. The van der Waals surface area contributed by atoms with Gasteiger partial charge in [-0.25, -0.2) is 0 Å². The summed E-state index contributed by atoms with van der Waals surface area (Å²) in [7, 11) is 4.87. The summed E-state index contributed by atoms with van der Waals surface area (Å²) in [4.78, 5) is 62.1. The Bertz CT molecular complexity index is 2010. The Morgan fingerprint density at radius 3 is 1.83 bits per heavy atom. The van der Waals surface area contributed by atoms with Gasteiger partial charge in [-0.1, -0.05) is 50.2 Å². The van der Waals surface area contributed by atoms with Crippen molar-refractivity contribution in [2.45, 2.75) is 68.7 Å². The molecular weight excluding hydrogens is 769 g/mol. The lowest BCUT2D eigenvalue weighted by Crippen LogP contribution is -2.76. The Hall–Kier alpha value is -2.80. The minimum atomic E-state index is -1.95. The van der Waals surface area contributed by atoms with Crippen molar-refractivity contribution in [3.8, 4) is 0 Å². The molecule has 17 heteroatoms. The Kier molecular flexibility index (Phi) is 8.37. The van der Waals surface area contributed by atoms with Gasteiger partial charge in [0.15, 0.2) is 19.5 Å². The highest BCUT2D eigenvalue weighted by Gasteiger charge is 2.91. The zero-order valence-corrected chi connectivity index (χ0v) is 34.8. The number of hydrogen-bond donors (Lipinski definition) is 4. The number of para-hydroxylation sites is 2. The first kappa shape index (κ1) is 38.1. The van der Waals surface area contributed by atoms with Gasteiger partial charge in [-0.2, -0.15) is 0 Å². The number of aliphatic hydroxyl groups is 3. The van der Waals surface area contributed by atoms with Gasteiger partial charge in [-0.3, -0.25) is 29.0 Å². The van der Waals surface area contributed by atoms with Crippen LogP contribution in [0.15, 0.2) is 48.5 Å². The molecule has 290 valence electrons. The van der Waals surface area contributed by atoms with Crippen LogP contribution < -0.4 is 10.2 Å². The number of fused-ring (bicyclic) bond motifs is 11. The molecule has 0 aliphatic carbocycles. The van der Waals surface area contributed by atoms with Gasteiger partial charge in [0.2, 0.25) is 0 Å². The largest absolute Gasteiger partial charge is 0.392 e. The number of hydrogen-bond acceptors (Lipinski definition) is 13. The summed E-state index contributed by atoms with van der Waals surface area (Å²) >= 11 is 4.41. The average Bonchev–Trinajstić information content (AvgIpc) is 3.80. The maximum atomic E-state index is 15.6. The van der Waals surface area contributed by atoms with Gasteiger partial charge in [-0.05, 0) is 54.2 Å². The summed E-state index contributed by atoms with van der Waals surface area (Å²) in [6.07, 6.45) is 1.12. The number of anilines is 2. The Morgan fingerprint density at radius 2 is 1.26 bits per heavy atom. The Morgan fingerprint density at radius 1 is 0.704 bits per heavy atom. The quantitative estimate of drug-likeness (QED) is 0.320. The van der Waals surface area contributed by atoms with Gasteiger partial charge < -0.3 is 35.3 Å². The second kappa shape index (κ2) is 11.9. The lowest BCUT2D eigenvalue weighted by molar-refractivity contribution is -0.169. The van der Waals surface area contributed by atoms with Crippen LogP contribution in [0.4, 0.5) is 11.4 Å². The Labute approximate surface area is 331 Å². The number of carbonyl (C=O) groups is 4. The number of amides is 4. The fourth-order valence-corrected chi connectivity index (χ4v) is 15.5. The van der Waals surface area contributed by atoms with Crippen LogP contribution >= 0.6 is 47.0 Å². The Balaban J connectivity index is 1.55. The summed E-state index contributed by atoms with van der Waals surface area (Å²) < 4.78 is 0. The van der Waals surface area contributed by atoms with E-state index in [0.29, 0.717) is 22.5 Å². The van der Waals surface area contributed by atoms with Crippen molar-refractivity contribution in [2.24, 2.45) is 5.92 Å². The maximum absolute atomic E-state index is 15.6. The second-order valence-corrected chi connectivity index (χ2v) is 19.4. The first-order chi connectivity index (χ1) is 25.6. The standard InChI is InChI=1S/C37H46N6O7S4/c1-19(2)35(52-7)31(50)42-26-33(20-14-10-12-16-22(20)38-26,24(45)36(42,53-8)30(49)41(35)5)34-21-15-11-13-17-23(21)39(3)27(34)43-28(47)32(18-44,51-6)40(4)29(48)37(43,54-9)25(34)46/h10-17,19,24-27,38,44-46H,18H2,1-9H3/t24-,25-,26+,27-,32+,33+,34-,35-,36-,37+/m0/s1. The highest BCUT2D eigenvalue weighted by molar-refractivity contribution is 8.02. The maximum Gasteiger partial charge on any atom is 0.264 e. The second-order valence-electron chi connectivity index (χ2n) is 15.2. The molecule has 8 rings (SSSR count). The molecule has 0 bridgehead atoms. The van der Waals surface area contributed by atoms with E-state index >= 15 is 19.2 Å². The van der Waals surface area contributed by atoms with Crippen LogP contribution in [0.25, 0.3) is 0 Å². The van der Waals surface area contributed by atoms with Gasteiger partial charge in [0.1, 0.15) is 24.5 Å². The first-order valence-corrected chi connectivity index (χ1v) is 22.6. The van der Waals surface area contributed by atoms with Crippen LogP contribution in [0.1, 0.15) is 25.0 Å². The van der Waals surface area contributed by atoms with E-state index < -0.39 is 79.2 Å². The van der Waals surface area contributed by atoms with Crippen molar-refractivity contribution < 1.29 is 34.5 Å². The average molecular weight is 815 g/mol. The number of likely N-dealkylation sites (N-methyl/N-ethyl adjacent to an activating group) is 3. The minimum Gasteiger partial charge on any atom is -0.392 e. The number of carbonyl (C=O) groups excluding carboxylic acids is 4. The highest BCUT2D eigenvalue weighted by Crippen LogP contribution is 2.75. The van der Waals surface area contributed by atoms with E-state index in [2.05, 4.69) is 5.32 Å². The predicted octanol–water partition coefficient (Wildman–Crippen LogP) is 1.63. The zero-order chi connectivity index (χ0) is 39.3. The molecule has 4 amide bonds. The summed E-state index contributed by atoms with van der Waals surface area (Å²) in [6.45, 7) is 3.10. The minimum absolute atomic E-state index is 0.344. The fourth-order valence-electron chi connectivity index (χ4n) is 11.5. The molecule has 2 aromatic carbocycles. The third-order valence-corrected chi connectivity index (χ3v) is 18.9. The summed E-state index contributed by atoms with van der Waals surface area (Å²) in [6, 6.07) is 14.7. The molecule has 2 aromatic rings. The van der Waals surface area contributed by atoms with Crippen molar-refractivity contribution in [2.75, 3.05) is 63.0 Å². The van der Waals surface area contributed by atoms with Crippen LogP contribution in [0.3, 0.4) is 0 Å². The van der Waals surface area contributed by atoms with Crippen molar-refractivity contribution in [3.05, 3.63) is 59.7 Å². The molecule has 0 aromatic heterocycles. The van der Waals surface area contributed by atoms with E-state index in [4.69, 9.17) is 0 Å². The van der Waals surface area contributed by atoms with Crippen molar-refractivity contribution in [3.63, 3.8) is 0 Å². The third kappa shape index (κ3) is 3.48. The topological polar surface area (TPSA) is 157 Å². The van der Waals surface area contributed by atoms with E-state index in [1.165, 1.54) is 38.4 Å². The van der Waals surface area contributed by atoms with Crippen LogP contribution in [-0.4, -0.2) is 155 Å². The lowest BCUT2D eigenvalue weighted by Gasteiger charge is -2.55. The van der Waals surface area contributed by atoms with E-state index in [9.17, 15) is 15.3 Å². The normalized spacial score (nSPS) is 40.6. The molecule has 6 aliphatic rings. The van der Waals surface area contributed by atoms with Crippen molar-refractivity contribution in [1.29, 1.82) is 0 Å². The number of nitrogens with one attached hydrogen (secondary N) is 1. The third-order valence-electron chi connectivity index (χ3n) is 13.7. The van der Waals surface area contributed by atoms with Gasteiger partial charge in [0, 0.05) is 32.5 Å². The highest BCUT2D eigenvalue weighted by atomic mass is 32.2. The molecule has 4 N–H and O–H groups in total. The molecule has 0 spiro atoms. The SMILES string of the molecule is CS[C@@]1(C(C)C)C(=O)N2[C@H]3Nc4ccccc4[C@@]3([C@]34c5ccccc5N(C)[C@H]3N3C(=O)[C@@](CO)(SC)N(C)C(=O)[C@]3(SC)[C@H]4O)[C@H](O)[C@]2(SC)C(=O)N1C. The van der Waals surface area contributed by atoms with E-state index in [1.54, 1.807) is 39.1 Å². The molecule has 10 atom stereocenters. The zero-order valence-electron chi connectivity index (χ0n) is 31.6. The lowest BCUT2D eigenvalue weighted by atomic mass is 9.52. The number of nitrogens with zero attached hydrogens (tertiary/aromatic N) is 5. The fraction of sp³-hybridized carbons (Fsp3) is 0.568. The van der Waals surface area contributed by atoms with E-state index in [0.717, 1.165) is 35.3 Å². The number of benzene rings is 2. The number of rotatable bonds is 7. The summed E-state index contributed by atoms with van der Waals surface area (Å²) in [5.41, 5.74) is -1.20. The van der Waals surface area contributed by atoms with Crippen molar-refractivity contribution >= 4 is 82.1 Å². The first-order valence-electron chi connectivity index (χ1n) is 17.7. The number of thioether (sulfide) groups is 4. The van der Waals surface area contributed by atoms with Gasteiger partial charge >= 0.3 is 0 Å². The molecule has 13 nitrogen and oxygen atoms in total. The van der Waals surface area contributed by atoms with Crippen LogP contribution in [0.2, 0.25) is 0 Å².